The summed E-state index contributed by atoms with van der Waals surface area (Å²) in [6.45, 7) is 1.80. The van der Waals surface area contributed by atoms with E-state index in [0.717, 1.165) is 19.5 Å². The van der Waals surface area contributed by atoms with E-state index < -0.39 is 11.7 Å². The van der Waals surface area contributed by atoms with Gasteiger partial charge in [0.05, 0.1) is 6.54 Å². The van der Waals surface area contributed by atoms with Crippen LogP contribution < -0.4 is 10.9 Å². The molecule has 2 heterocycles. The molecule has 0 spiro atoms. The Morgan fingerprint density at radius 2 is 1.96 bits per heavy atom. The predicted octanol–water partition coefficient (Wildman–Crippen LogP) is 1.71. The molecule has 1 aromatic carbocycles. The van der Waals surface area contributed by atoms with Crippen molar-refractivity contribution in [1.29, 1.82) is 0 Å². The first-order chi connectivity index (χ1) is 11.1. The van der Waals surface area contributed by atoms with Crippen LogP contribution in [-0.2, 0) is 17.8 Å². The van der Waals surface area contributed by atoms with Gasteiger partial charge in [0.25, 0.3) is 11.8 Å². The van der Waals surface area contributed by atoms with Crippen LogP contribution in [0.25, 0.3) is 0 Å². The lowest BCUT2D eigenvalue weighted by molar-refractivity contribution is -0.123. The third-order valence-corrected chi connectivity index (χ3v) is 4.70. The summed E-state index contributed by atoms with van der Waals surface area (Å²) in [5.41, 5.74) is 6.28. The smallest absolute Gasteiger partial charge is 0.269 e. The maximum absolute atomic E-state index is 12.8. The Bertz CT molecular complexity index is 714. The van der Waals surface area contributed by atoms with E-state index in [9.17, 15) is 14.0 Å². The van der Waals surface area contributed by atoms with Crippen molar-refractivity contribution in [3.63, 3.8) is 0 Å². The van der Waals surface area contributed by atoms with Crippen LogP contribution in [0.15, 0.2) is 35.7 Å². The molecule has 1 aromatic heterocycles. The summed E-state index contributed by atoms with van der Waals surface area (Å²) < 4.78 is 12.8. The van der Waals surface area contributed by atoms with E-state index in [4.69, 9.17) is 0 Å². The van der Waals surface area contributed by atoms with Gasteiger partial charge in [0.1, 0.15) is 5.82 Å². The van der Waals surface area contributed by atoms with Crippen LogP contribution in [0, 0.1) is 5.82 Å². The largest absolute Gasteiger partial charge is 0.290 e. The van der Waals surface area contributed by atoms with Crippen LogP contribution >= 0.6 is 11.3 Å². The van der Waals surface area contributed by atoms with Gasteiger partial charge in [0.15, 0.2) is 0 Å². The second-order valence-electron chi connectivity index (χ2n) is 5.34. The number of nitrogens with one attached hydrogen (secondary N) is 2. The fourth-order valence-electron chi connectivity index (χ4n) is 2.48. The van der Waals surface area contributed by atoms with Crippen molar-refractivity contribution in [2.24, 2.45) is 0 Å². The highest BCUT2D eigenvalue weighted by molar-refractivity contribution is 7.10. The van der Waals surface area contributed by atoms with Gasteiger partial charge in [-0.25, -0.2) is 4.39 Å². The SMILES string of the molecule is O=C(CN1CCc2sccc2C1)NNC(=O)c1ccc(F)cc1. The number of amides is 2. The lowest BCUT2D eigenvalue weighted by Gasteiger charge is -2.26. The van der Waals surface area contributed by atoms with Crippen molar-refractivity contribution in [2.45, 2.75) is 13.0 Å². The monoisotopic (exact) mass is 333 g/mol. The van der Waals surface area contributed by atoms with Gasteiger partial charge < -0.3 is 0 Å². The molecule has 0 aliphatic carbocycles. The summed E-state index contributed by atoms with van der Waals surface area (Å²) in [4.78, 5) is 27.2. The van der Waals surface area contributed by atoms with Gasteiger partial charge in [0.2, 0.25) is 0 Å². The zero-order valence-corrected chi connectivity index (χ0v) is 13.2. The number of nitrogens with zero attached hydrogens (tertiary/aromatic N) is 1. The molecule has 0 saturated heterocycles. The van der Waals surface area contributed by atoms with E-state index in [0.29, 0.717) is 0 Å². The molecule has 0 fully saturated rings. The molecule has 0 saturated carbocycles. The molecule has 2 amide bonds. The number of hydrogen-bond donors (Lipinski definition) is 2. The molecule has 2 N–H and O–H groups in total. The van der Waals surface area contributed by atoms with Gasteiger partial charge in [-0.2, -0.15) is 0 Å². The van der Waals surface area contributed by atoms with Crippen molar-refractivity contribution >= 4 is 23.2 Å². The molecular formula is C16H16FN3O2S. The van der Waals surface area contributed by atoms with Crippen molar-refractivity contribution in [3.05, 3.63) is 57.5 Å². The summed E-state index contributed by atoms with van der Waals surface area (Å²) in [6, 6.07) is 7.20. The van der Waals surface area contributed by atoms with Gasteiger partial charge in [-0.05, 0) is 47.7 Å². The Balaban J connectivity index is 1.46. The molecule has 0 unspecified atom stereocenters. The third-order valence-electron chi connectivity index (χ3n) is 3.68. The van der Waals surface area contributed by atoms with E-state index in [1.54, 1.807) is 11.3 Å². The molecule has 5 nitrogen and oxygen atoms in total. The molecule has 1 aliphatic rings. The first-order valence-corrected chi connectivity index (χ1v) is 8.12. The lowest BCUT2D eigenvalue weighted by atomic mass is 10.1. The average Bonchev–Trinajstić information content (AvgIpc) is 3.01. The lowest BCUT2D eigenvalue weighted by Crippen LogP contribution is -2.47. The average molecular weight is 333 g/mol. The van der Waals surface area contributed by atoms with E-state index in [1.807, 2.05) is 4.90 Å². The first-order valence-electron chi connectivity index (χ1n) is 7.24. The number of carbonyl (C=O) groups excluding carboxylic acids is 2. The summed E-state index contributed by atoms with van der Waals surface area (Å²) in [5.74, 6) is -1.17. The molecule has 120 valence electrons. The van der Waals surface area contributed by atoms with Crippen LogP contribution in [0.1, 0.15) is 20.8 Å². The van der Waals surface area contributed by atoms with Crippen LogP contribution in [-0.4, -0.2) is 29.8 Å². The highest BCUT2D eigenvalue weighted by Gasteiger charge is 2.19. The van der Waals surface area contributed by atoms with E-state index in [-0.39, 0.29) is 18.0 Å². The van der Waals surface area contributed by atoms with Crippen LogP contribution in [0.3, 0.4) is 0 Å². The molecule has 3 rings (SSSR count). The highest BCUT2D eigenvalue weighted by atomic mass is 32.1. The fraction of sp³-hybridized carbons (Fsp3) is 0.250. The summed E-state index contributed by atoms with van der Waals surface area (Å²) in [5, 5.41) is 2.07. The third kappa shape index (κ3) is 3.94. The molecular weight excluding hydrogens is 317 g/mol. The molecule has 0 bridgehead atoms. The zero-order chi connectivity index (χ0) is 16.2. The normalized spacial score (nSPS) is 14.1. The van der Waals surface area contributed by atoms with Crippen LogP contribution in [0.5, 0.6) is 0 Å². The van der Waals surface area contributed by atoms with E-state index >= 15 is 0 Å². The van der Waals surface area contributed by atoms with Gasteiger partial charge in [-0.3, -0.25) is 25.3 Å². The first kappa shape index (κ1) is 15.6. The maximum Gasteiger partial charge on any atom is 0.269 e. The number of hydrogen-bond acceptors (Lipinski definition) is 4. The fourth-order valence-corrected chi connectivity index (χ4v) is 3.37. The maximum atomic E-state index is 12.8. The van der Waals surface area contributed by atoms with E-state index in [2.05, 4.69) is 22.3 Å². The van der Waals surface area contributed by atoms with E-state index in [1.165, 1.54) is 34.7 Å². The zero-order valence-electron chi connectivity index (χ0n) is 12.3. The standard InChI is InChI=1S/C16H16FN3O2S/c17-13-3-1-11(2-4-13)16(22)19-18-15(21)10-20-7-5-14-12(9-20)6-8-23-14/h1-4,6,8H,5,7,9-10H2,(H,18,21)(H,19,22). The summed E-state index contributed by atoms with van der Waals surface area (Å²) in [6.07, 6.45) is 0.947. The number of hydrazine groups is 1. The topological polar surface area (TPSA) is 61.4 Å². The highest BCUT2D eigenvalue weighted by Crippen LogP contribution is 2.23. The van der Waals surface area contributed by atoms with Crippen molar-refractivity contribution in [1.82, 2.24) is 15.8 Å². The van der Waals surface area contributed by atoms with Crippen LogP contribution in [0.4, 0.5) is 4.39 Å². The second-order valence-corrected chi connectivity index (χ2v) is 6.34. The summed E-state index contributed by atoms with van der Waals surface area (Å²) >= 11 is 1.75. The molecule has 0 radical (unpaired) electrons. The number of carbonyl (C=O) groups is 2. The molecule has 1 aliphatic heterocycles. The van der Waals surface area contributed by atoms with Crippen molar-refractivity contribution in [3.8, 4) is 0 Å². The van der Waals surface area contributed by atoms with Gasteiger partial charge >= 0.3 is 0 Å². The predicted molar refractivity (Wildman–Crippen MR) is 85.3 cm³/mol. The van der Waals surface area contributed by atoms with Crippen LogP contribution in [0.2, 0.25) is 0 Å². The quantitative estimate of drug-likeness (QED) is 0.841. The Kier molecular flexibility index (Phi) is 4.68. The Morgan fingerprint density at radius 3 is 2.74 bits per heavy atom. The number of halogens is 1. The minimum absolute atomic E-state index is 0.221. The number of rotatable bonds is 3. The second kappa shape index (κ2) is 6.89. The number of fused-ring (bicyclic) bond motifs is 1. The van der Waals surface area contributed by atoms with Crippen molar-refractivity contribution < 1.29 is 14.0 Å². The van der Waals surface area contributed by atoms with Gasteiger partial charge in [-0.1, -0.05) is 0 Å². The Hall–Kier alpha value is -2.25. The minimum Gasteiger partial charge on any atom is -0.290 e. The minimum atomic E-state index is -0.475. The van der Waals surface area contributed by atoms with Gasteiger partial charge in [-0.15, -0.1) is 11.3 Å². The molecule has 7 heteroatoms. The number of thiophene rings is 1. The molecule has 23 heavy (non-hydrogen) atoms. The number of benzene rings is 1. The summed E-state index contributed by atoms with van der Waals surface area (Å²) in [7, 11) is 0. The molecule has 0 atom stereocenters. The van der Waals surface area contributed by atoms with Crippen molar-refractivity contribution in [2.75, 3.05) is 13.1 Å². The van der Waals surface area contributed by atoms with Gasteiger partial charge in [0, 0.05) is 23.5 Å². The molecule has 2 aromatic rings. The Morgan fingerprint density at radius 1 is 1.17 bits per heavy atom. The Labute approximate surface area is 137 Å².